The number of nitrogens with zero attached hydrogens (tertiary/aromatic N) is 1. The molecule has 0 fully saturated rings. The SMILES string of the molecule is Cc1ncsc1CNC(CN)C(C)C. The number of aromatic nitrogens is 1. The van der Waals surface area contributed by atoms with Crippen LogP contribution in [0.3, 0.4) is 0 Å². The summed E-state index contributed by atoms with van der Waals surface area (Å²) in [5.74, 6) is 0.577. The molecule has 0 saturated carbocycles. The van der Waals surface area contributed by atoms with E-state index in [9.17, 15) is 0 Å². The number of nitrogens with one attached hydrogen (secondary N) is 1. The second-order valence-electron chi connectivity index (χ2n) is 3.83. The van der Waals surface area contributed by atoms with Crippen LogP contribution in [0.1, 0.15) is 24.4 Å². The number of hydrogen-bond donors (Lipinski definition) is 2. The summed E-state index contributed by atoms with van der Waals surface area (Å²) < 4.78 is 0. The second kappa shape index (κ2) is 5.44. The van der Waals surface area contributed by atoms with E-state index in [1.165, 1.54) is 4.88 Å². The fourth-order valence-electron chi connectivity index (χ4n) is 1.31. The van der Waals surface area contributed by atoms with Crippen LogP contribution in [0.5, 0.6) is 0 Å². The summed E-state index contributed by atoms with van der Waals surface area (Å²) in [6.07, 6.45) is 0. The highest BCUT2D eigenvalue weighted by Crippen LogP contribution is 2.12. The number of hydrogen-bond acceptors (Lipinski definition) is 4. The van der Waals surface area contributed by atoms with Gasteiger partial charge in [0.15, 0.2) is 0 Å². The first-order chi connectivity index (χ1) is 6.65. The van der Waals surface area contributed by atoms with E-state index in [1.807, 2.05) is 12.4 Å². The van der Waals surface area contributed by atoms with E-state index in [0.29, 0.717) is 18.5 Å². The Bertz CT molecular complexity index is 270. The van der Waals surface area contributed by atoms with Crippen LogP contribution >= 0.6 is 11.3 Å². The molecule has 0 saturated heterocycles. The molecule has 1 aromatic rings. The molecule has 1 heterocycles. The van der Waals surface area contributed by atoms with Crippen LogP contribution in [0.2, 0.25) is 0 Å². The summed E-state index contributed by atoms with van der Waals surface area (Å²) in [5, 5.41) is 3.46. The van der Waals surface area contributed by atoms with Crippen molar-refractivity contribution in [2.24, 2.45) is 11.7 Å². The molecule has 0 aliphatic rings. The van der Waals surface area contributed by atoms with Gasteiger partial charge >= 0.3 is 0 Å². The molecule has 1 unspecified atom stereocenters. The highest BCUT2D eigenvalue weighted by atomic mass is 32.1. The van der Waals surface area contributed by atoms with Crippen LogP contribution < -0.4 is 11.1 Å². The zero-order chi connectivity index (χ0) is 10.6. The molecular weight excluding hydrogens is 194 g/mol. The summed E-state index contributed by atoms with van der Waals surface area (Å²) in [6.45, 7) is 7.99. The van der Waals surface area contributed by atoms with Crippen LogP contribution in [0.15, 0.2) is 5.51 Å². The largest absolute Gasteiger partial charge is 0.329 e. The lowest BCUT2D eigenvalue weighted by Gasteiger charge is -2.20. The Balaban J connectivity index is 2.43. The van der Waals surface area contributed by atoms with E-state index in [2.05, 4.69) is 24.1 Å². The van der Waals surface area contributed by atoms with Crippen LogP contribution in [-0.2, 0) is 6.54 Å². The van der Waals surface area contributed by atoms with Crippen LogP contribution in [-0.4, -0.2) is 17.6 Å². The molecule has 0 aliphatic carbocycles. The Morgan fingerprint density at radius 1 is 1.57 bits per heavy atom. The van der Waals surface area contributed by atoms with E-state index in [4.69, 9.17) is 5.73 Å². The lowest BCUT2D eigenvalue weighted by atomic mass is 10.0. The van der Waals surface area contributed by atoms with Gasteiger partial charge in [-0.05, 0) is 12.8 Å². The number of rotatable bonds is 5. The summed E-state index contributed by atoms with van der Waals surface area (Å²) in [6, 6.07) is 0.400. The molecule has 1 rings (SSSR count). The van der Waals surface area contributed by atoms with Crippen molar-refractivity contribution < 1.29 is 0 Å². The van der Waals surface area contributed by atoms with Crippen molar-refractivity contribution >= 4 is 11.3 Å². The molecule has 0 aromatic carbocycles. The number of aryl methyl sites for hydroxylation is 1. The molecule has 0 spiro atoms. The average molecular weight is 213 g/mol. The fraction of sp³-hybridized carbons (Fsp3) is 0.700. The lowest BCUT2D eigenvalue weighted by molar-refractivity contribution is 0.406. The number of thiazole rings is 1. The number of nitrogens with two attached hydrogens (primary N) is 1. The first-order valence-corrected chi connectivity index (χ1v) is 5.85. The zero-order valence-corrected chi connectivity index (χ0v) is 9.90. The van der Waals surface area contributed by atoms with Crippen molar-refractivity contribution in [2.45, 2.75) is 33.4 Å². The van der Waals surface area contributed by atoms with E-state index >= 15 is 0 Å². The van der Waals surface area contributed by atoms with Gasteiger partial charge in [-0.1, -0.05) is 13.8 Å². The molecule has 3 nitrogen and oxygen atoms in total. The minimum atomic E-state index is 0.400. The molecule has 3 N–H and O–H groups in total. The van der Waals surface area contributed by atoms with Gasteiger partial charge in [0, 0.05) is 24.0 Å². The van der Waals surface area contributed by atoms with Gasteiger partial charge in [-0.3, -0.25) is 0 Å². The highest BCUT2D eigenvalue weighted by molar-refractivity contribution is 7.09. The van der Waals surface area contributed by atoms with Gasteiger partial charge in [0.25, 0.3) is 0 Å². The minimum absolute atomic E-state index is 0.400. The molecule has 80 valence electrons. The topological polar surface area (TPSA) is 50.9 Å². The van der Waals surface area contributed by atoms with Crippen LogP contribution in [0, 0.1) is 12.8 Å². The van der Waals surface area contributed by atoms with Crippen molar-refractivity contribution in [1.82, 2.24) is 10.3 Å². The van der Waals surface area contributed by atoms with E-state index < -0.39 is 0 Å². The molecular formula is C10H19N3S. The Hall–Kier alpha value is -0.450. The van der Waals surface area contributed by atoms with Crippen molar-refractivity contribution in [3.8, 4) is 0 Å². The maximum atomic E-state index is 5.68. The van der Waals surface area contributed by atoms with Gasteiger partial charge in [0.05, 0.1) is 11.2 Å². The molecule has 4 heteroatoms. The highest BCUT2D eigenvalue weighted by Gasteiger charge is 2.11. The lowest BCUT2D eigenvalue weighted by Crippen LogP contribution is -2.39. The van der Waals surface area contributed by atoms with Crippen molar-refractivity contribution in [1.29, 1.82) is 0 Å². The third-order valence-electron chi connectivity index (χ3n) is 2.43. The fourth-order valence-corrected chi connectivity index (χ4v) is 2.04. The van der Waals surface area contributed by atoms with E-state index in [1.54, 1.807) is 11.3 Å². The summed E-state index contributed by atoms with van der Waals surface area (Å²) in [4.78, 5) is 5.52. The van der Waals surface area contributed by atoms with E-state index in [-0.39, 0.29) is 0 Å². The van der Waals surface area contributed by atoms with Gasteiger partial charge in [-0.2, -0.15) is 0 Å². The van der Waals surface area contributed by atoms with Crippen molar-refractivity contribution in [3.05, 3.63) is 16.1 Å². The van der Waals surface area contributed by atoms with E-state index in [0.717, 1.165) is 12.2 Å². The van der Waals surface area contributed by atoms with Gasteiger partial charge in [0.2, 0.25) is 0 Å². The first kappa shape index (κ1) is 11.6. The van der Waals surface area contributed by atoms with Crippen LogP contribution in [0.25, 0.3) is 0 Å². The van der Waals surface area contributed by atoms with Gasteiger partial charge in [-0.15, -0.1) is 11.3 Å². The third-order valence-corrected chi connectivity index (χ3v) is 3.36. The second-order valence-corrected chi connectivity index (χ2v) is 4.77. The summed E-state index contributed by atoms with van der Waals surface area (Å²) >= 11 is 1.70. The van der Waals surface area contributed by atoms with Gasteiger partial charge in [-0.25, -0.2) is 4.98 Å². The molecule has 14 heavy (non-hydrogen) atoms. The predicted molar refractivity (Wildman–Crippen MR) is 61.4 cm³/mol. The Morgan fingerprint density at radius 2 is 2.29 bits per heavy atom. The van der Waals surface area contributed by atoms with Crippen molar-refractivity contribution in [3.63, 3.8) is 0 Å². The smallest absolute Gasteiger partial charge is 0.0798 e. The van der Waals surface area contributed by atoms with Crippen molar-refractivity contribution in [2.75, 3.05) is 6.54 Å². The molecule has 1 aromatic heterocycles. The predicted octanol–water partition coefficient (Wildman–Crippen LogP) is 1.52. The van der Waals surface area contributed by atoms with Gasteiger partial charge in [0.1, 0.15) is 0 Å². The monoisotopic (exact) mass is 213 g/mol. The first-order valence-electron chi connectivity index (χ1n) is 4.97. The Labute approximate surface area is 89.7 Å². The maximum Gasteiger partial charge on any atom is 0.0798 e. The third kappa shape index (κ3) is 3.04. The molecule has 0 radical (unpaired) electrons. The molecule has 1 atom stereocenters. The van der Waals surface area contributed by atoms with Crippen LogP contribution in [0.4, 0.5) is 0 Å². The zero-order valence-electron chi connectivity index (χ0n) is 9.08. The normalized spacial score (nSPS) is 13.5. The Kier molecular flexibility index (Phi) is 4.51. The minimum Gasteiger partial charge on any atom is -0.329 e. The molecule has 0 bridgehead atoms. The summed E-state index contributed by atoms with van der Waals surface area (Å²) in [5.41, 5.74) is 8.69. The Morgan fingerprint density at radius 3 is 2.71 bits per heavy atom. The van der Waals surface area contributed by atoms with Gasteiger partial charge < -0.3 is 11.1 Å². The maximum absolute atomic E-state index is 5.68. The molecule has 0 aliphatic heterocycles. The summed E-state index contributed by atoms with van der Waals surface area (Å²) in [7, 11) is 0. The standard InChI is InChI=1S/C10H19N3S/c1-7(2)9(4-11)12-5-10-8(3)13-6-14-10/h6-7,9,12H,4-5,11H2,1-3H3. The molecule has 0 amide bonds. The average Bonchev–Trinajstić information content (AvgIpc) is 2.52. The quantitative estimate of drug-likeness (QED) is 0.780.